The monoisotopic (exact) mass is 325 g/mol. The normalized spacial score (nSPS) is 17.7. The first-order valence-electron chi connectivity index (χ1n) is 7.33. The van der Waals surface area contributed by atoms with Gasteiger partial charge in [-0.1, -0.05) is 18.2 Å². The maximum Gasteiger partial charge on any atom is 0.350 e. The van der Waals surface area contributed by atoms with Crippen molar-refractivity contribution < 1.29 is 18.3 Å². The molecule has 1 aliphatic rings. The van der Waals surface area contributed by atoms with Crippen LogP contribution in [0.15, 0.2) is 24.3 Å². The number of carbonyl (C=O) groups is 1. The zero-order valence-electron chi connectivity index (χ0n) is 12.3. The van der Waals surface area contributed by atoms with Gasteiger partial charge in [-0.15, -0.1) is 11.3 Å². The number of benzene rings is 1. The Kier molecular flexibility index (Phi) is 4.04. The number of fused-ring (bicyclic) bond motifs is 1. The largest absolute Gasteiger partial charge is 0.462 e. The van der Waals surface area contributed by atoms with Crippen LogP contribution in [0.2, 0.25) is 0 Å². The number of ether oxygens (including phenoxy) is 1. The molecule has 6 heteroatoms. The van der Waals surface area contributed by atoms with Crippen molar-refractivity contribution in [2.24, 2.45) is 0 Å². The standard InChI is InChI=1S/C16H17F2NO2S/c1-2-21-15(20)14-13(11-5-3-4-6-12(11)22-14)19-9-7-16(17,18)8-10-19/h3-6H,2,7-10H2,1H3. The number of nitrogens with zero attached hydrogens (tertiary/aromatic N) is 1. The molecule has 0 atom stereocenters. The molecule has 3 nitrogen and oxygen atoms in total. The average molecular weight is 325 g/mol. The van der Waals surface area contributed by atoms with Crippen molar-refractivity contribution in [1.82, 2.24) is 0 Å². The number of alkyl halides is 2. The maximum absolute atomic E-state index is 13.4. The summed E-state index contributed by atoms with van der Waals surface area (Å²) in [5, 5.41) is 0.931. The zero-order valence-corrected chi connectivity index (χ0v) is 13.1. The topological polar surface area (TPSA) is 29.5 Å². The molecule has 0 unspecified atom stereocenters. The van der Waals surface area contributed by atoms with Gasteiger partial charge < -0.3 is 9.64 Å². The van der Waals surface area contributed by atoms with Crippen LogP contribution >= 0.6 is 11.3 Å². The van der Waals surface area contributed by atoms with Crippen molar-refractivity contribution in [3.8, 4) is 0 Å². The maximum atomic E-state index is 13.4. The van der Waals surface area contributed by atoms with Gasteiger partial charge >= 0.3 is 5.97 Å². The Labute approximate surface area is 131 Å². The second-order valence-electron chi connectivity index (χ2n) is 5.34. The van der Waals surface area contributed by atoms with E-state index in [9.17, 15) is 13.6 Å². The van der Waals surface area contributed by atoms with Crippen molar-refractivity contribution in [2.45, 2.75) is 25.7 Å². The van der Waals surface area contributed by atoms with Gasteiger partial charge in [-0.05, 0) is 13.0 Å². The predicted molar refractivity (Wildman–Crippen MR) is 84.2 cm³/mol. The van der Waals surface area contributed by atoms with Gasteiger partial charge in [0.05, 0.1) is 12.3 Å². The molecule has 3 rings (SSSR count). The van der Waals surface area contributed by atoms with Gasteiger partial charge in [0.2, 0.25) is 0 Å². The molecule has 22 heavy (non-hydrogen) atoms. The minimum atomic E-state index is -2.60. The molecule has 0 N–H and O–H groups in total. The lowest BCUT2D eigenvalue weighted by molar-refractivity contribution is -0.0220. The zero-order chi connectivity index (χ0) is 15.7. The minimum Gasteiger partial charge on any atom is -0.462 e. The Hall–Kier alpha value is -1.69. The lowest BCUT2D eigenvalue weighted by Gasteiger charge is -2.33. The first-order valence-corrected chi connectivity index (χ1v) is 8.15. The van der Waals surface area contributed by atoms with Crippen molar-refractivity contribution in [1.29, 1.82) is 0 Å². The number of esters is 1. The highest BCUT2D eigenvalue weighted by molar-refractivity contribution is 7.21. The van der Waals surface area contributed by atoms with E-state index in [0.29, 0.717) is 11.5 Å². The van der Waals surface area contributed by atoms with Crippen LogP contribution in [0, 0.1) is 0 Å². The molecule has 1 aromatic carbocycles. The quantitative estimate of drug-likeness (QED) is 0.788. The lowest BCUT2D eigenvalue weighted by atomic mass is 10.1. The summed E-state index contributed by atoms with van der Waals surface area (Å²) in [6.45, 7) is 2.55. The number of halogens is 2. The summed E-state index contributed by atoms with van der Waals surface area (Å²) in [6.07, 6.45) is -0.362. The average Bonchev–Trinajstić information content (AvgIpc) is 2.87. The fraction of sp³-hybridized carbons (Fsp3) is 0.438. The van der Waals surface area contributed by atoms with Gasteiger partial charge in [0.1, 0.15) is 4.88 Å². The van der Waals surface area contributed by atoms with Crippen LogP contribution in [-0.4, -0.2) is 31.6 Å². The number of hydrogen-bond acceptors (Lipinski definition) is 4. The molecule has 118 valence electrons. The van der Waals surface area contributed by atoms with Gasteiger partial charge in [0.15, 0.2) is 0 Å². The van der Waals surface area contributed by atoms with Crippen LogP contribution in [0.1, 0.15) is 29.4 Å². The van der Waals surface area contributed by atoms with Gasteiger partial charge in [-0.25, -0.2) is 13.6 Å². The van der Waals surface area contributed by atoms with Crippen LogP contribution in [0.25, 0.3) is 10.1 Å². The van der Waals surface area contributed by atoms with Gasteiger partial charge in [0.25, 0.3) is 5.92 Å². The second kappa shape index (κ2) is 5.83. The molecule has 1 fully saturated rings. The summed E-state index contributed by atoms with van der Waals surface area (Å²) in [5.74, 6) is -2.98. The van der Waals surface area contributed by atoms with E-state index >= 15 is 0 Å². The SMILES string of the molecule is CCOC(=O)c1sc2ccccc2c1N1CCC(F)(F)CC1. The number of rotatable bonds is 3. The van der Waals surface area contributed by atoms with Crippen LogP contribution in [-0.2, 0) is 4.74 Å². The van der Waals surface area contributed by atoms with E-state index in [1.54, 1.807) is 6.92 Å². The molecule has 0 radical (unpaired) electrons. The molecule has 0 amide bonds. The summed E-state index contributed by atoms with van der Waals surface area (Å²) in [5.41, 5.74) is 0.745. The summed E-state index contributed by atoms with van der Waals surface area (Å²) in [7, 11) is 0. The van der Waals surface area contributed by atoms with E-state index in [1.807, 2.05) is 29.2 Å². The van der Waals surface area contributed by atoms with Gasteiger partial charge in [-0.2, -0.15) is 0 Å². The molecule has 1 saturated heterocycles. The van der Waals surface area contributed by atoms with E-state index in [0.717, 1.165) is 15.8 Å². The first-order chi connectivity index (χ1) is 10.5. The van der Waals surface area contributed by atoms with E-state index in [1.165, 1.54) is 11.3 Å². The molecule has 0 aliphatic carbocycles. The minimum absolute atomic E-state index is 0.181. The molecule has 1 aliphatic heterocycles. The number of carbonyl (C=O) groups excluding carboxylic acids is 1. The number of anilines is 1. The Balaban J connectivity index is 2.02. The Morgan fingerprint density at radius 2 is 2.00 bits per heavy atom. The van der Waals surface area contributed by atoms with Gasteiger partial charge in [0, 0.05) is 36.0 Å². The van der Waals surface area contributed by atoms with E-state index in [-0.39, 0.29) is 31.9 Å². The molecule has 0 spiro atoms. The third kappa shape index (κ3) is 2.79. The van der Waals surface area contributed by atoms with E-state index in [4.69, 9.17) is 4.74 Å². The highest BCUT2D eigenvalue weighted by Gasteiger charge is 2.36. The molecule has 2 aromatic rings. The fourth-order valence-corrected chi connectivity index (χ4v) is 3.86. The number of hydrogen-bond donors (Lipinski definition) is 0. The highest BCUT2D eigenvalue weighted by Crippen LogP contribution is 2.41. The summed E-state index contributed by atoms with van der Waals surface area (Å²) >= 11 is 1.36. The van der Waals surface area contributed by atoms with Crippen molar-refractivity contribution >= 4 is 33.1 Å². The Bertz CT molecular complexity index is 689. The van der Waals surface area contributed by atoms with Crippen molar-refractivity contribution in [3.05, 3.63) is 29.1 Å². The predicted octanol–water partition coefficient (Wildman–Crippen LogP) is 4.31. The molecule has 1 aromatic heterocycles. The van der Waals surface area contributed by atoms with Crippen LogP contribution in [0.5, 0.6) is 0 Å². The molecular weight excluding hydrogens is 308 g/mol. The lowest BCUT2D eigenvalue weighted by Crippen LogP contribution is -2.39. The highest BCUT2D eigenvalue weighted by atomic mass is 32.1. The van der Waals surface area contributed by atoms with Gasteiger partial charge in [-0.3, -0.25) is 0 Å². The first kappa shape index (κ1) is 15.2. The Morgan fingerprint density at radius 3 is 2.68 bits per heavy atom. The summed E-state index contributed by atoms with van der Waals surface area (Å²) < 4.78 is 32.9. The van der Waals surface area contributed by atoms with Crippen LogP contribution in [0.4, 0.5) is 14.5 Å². The molecular formula is C16H17F2NO2S. The van der Waals surface area contributed by atoms with Crippen LogP contribution in [0.3, 0.4) is 0 Å². The van der Waals surface area contributed by atoms with E-state index < -0.39 is 5.92 Å². The second-order valence-corrected chi connectivity index (χ2v) is 6.39. The summed E-state index contributed by atoms with van der Waals surface area (Å²) in [4.78, 5) is 14.6. The smallest absolute Gasteiger partial charge is 0.350 e. The number of thiophene rings is 1. The molecule has 2 heterocycles. The molecule has 0 bridgehead atoms. The summed E-state index contributed by atoms with van der Waals surface area (Å²) in [6, 6.07) is 7.66. The third-order valence-corrected chi connectivity index (χ3v) is 4.98. The third-order valence-electron chi connectivity index (χ3n) is 3.84. The fourth-order valence-electron chi connectivity index (χ4n) is 2.74. The molecule has 0 saturated carbocycles. The van der Waals surface area contributed by atoms with E-state index in [2.05, 4.69) is 0 Å². The Morgan fingerprint density at radius 1 is 1.32 bits per heavy atom. The number of piperidine rings is 1. The van der Waals surface area contributed by atoms with Crippen molar-refractivity contribution in [3.63, 3.8) is 0 Å². The van der Waals surface area contributed by atoms with Crippen LogP contribution < -0.4 is 4.90 Å². The van der Waals surface area contributed by atoms with Crippen molar-refractivity contribution in [2.75, 3.05) is 24.6 Å².